The van der Waals surface area contributed by atoms with Crippen LogP contribution in [0.5, 0.6) is 5.75 Å². The number of ether oxygens (including phenoxy) is 1. The first kappa shape index (κ1) is 13.9. The second kappa shape index (κ2) is 7.03. The molecule has 0 unspecified atom stereocenters. The molecule has 0 aliphatic heterocycles. The molecule has 0 aliphatic carbocycles. The number of rotatable bonds is 1. The van der Waals surface area contributed by atoms with E-state index in [2.05, 4.69) is 4.98 Å². The van der Waals surface area contributed by atoms with Crippen LogP contribution < -0.4 is 17.1 Å². The Balaban J connectivity index is 0. The maximum atomic E-state index is 8.29. The quantitative estimate of drug-likeness (QED) is 0.472. The Morgan fingerprint density at radius 1 is 1.25 bits per heavy atom. The Bertz CT molecular complexity index is 257. The Morgan fingerprint density at radius 2 is 1.75 bits per heavy atom. The molecule has 0 aliphatic rings. The van der Waals surface area contributed by atoms with Gasteiger partial charge in [0.1, 0.15) is 5.75 Å². The Labute approximate surface area is 89.9 Å². The standard InChI is InChI=1S/C7H7N2O.ClH.Zn/c1-10-7-4-2-6(9-8)3-5-7;;/h2-5H,1H3;1H;/q+1;;+2/p-1. The van der Waals surface area contributed by atoms with Gasteiger partial charge < -0.3 is 17.1 Å². The molecule has 1 rings (SSSR count). The topological polar surface area (TPSA) is 37.4 Å². The molecule has 0 bridgehead atoms. The van der Waals surface area contributed by atoms with E-state index in [4.69, 9.17) is 10.1 Å². The van der Waals surface area contributed by atoms with E-state index in [1.165, 1.54) is 0 Å². The zero-order valence-corrected chi connectivity index (χ0v) is 10.4. The number of diazo groups is 1. The second-order valence-electron chi connectivity index (χ2n) is 1.80. The van der Waals surface area contributed by atoms with Crippen LogP contribution in [0.1, 0.15) is 0 Å². The average molecular weight is 236 g/mol. The maximum absolute atomic E-state index is 8.29. The largest absolute Gasteiger partial charge is 2.00 e. The molecule has 0 saturated carbocycles. The van der Waals surface area contributed by atoms with Gasteiger partial charge in [-0.3, -0.25) is 0 Å². The van der Waals surface area contributed by atoms with Crippen molar-refractivity contribution in [1.82, 2.24) is 0 Å². The number of hydrogen-bond acceptors (Lipinski definition) is 2. The first-order chi connectivity index (χ1) is 4.86. The van der Waals surface area contributed by atoms with Crippen molar-refractivity contribution >= 4 is 5.69 Å². The SMILES string of the molecule is COc1ccc([N+]#N)cc1.[Cl-].[Zn+2]. The number of nitrogens with zero attached hydrogens (tertiary/aromatic N) is 2. The van der Waals surface area contributed by atoms with E-state index < -0.39 is 0 Å². The Kier molecular flexibility index (Phi) is 8.15. The van der Waals surface area contributed by atoms with Crippen LogP contribution in [-0.4, -0.2) is 7.11 Å². The first-order valence-corrected chi connectivity index (χ1v) is 2.86. The maximum Gasteiger partial charge on any atom is 2.00 e. The fraction of sp³-hybridized carbons (Fsp3) is 0.143. The summed E-state index contributed by atoms with van der Waals surface area (Å²) in [6, 6.07) is 6.79. The molecule has 0 fully saturated rings. The molecule has 0 radical (unpaired) electrons. The van der Waals surface area contributed by atoms with E-state index in [0.717, 1.165) is 5.75 Å². The predicted molar refractivity (Wildman–Crippen MR) is 37.7 cm³/mol. The van der Waals surface area contributed by atoms with Gasteiger partial charge in [-0.1, -0.05) is 0 Å². The van der Waals surface area contributed by atoms with Crippen molar-refractivity contribution in [1.29, 1.82) is 5.39 Å². The summed E-state index contributed by atoms with van der Waals surface area (Å²) in [5.74, 6) is 0.757. The van der Waals surface area contributed by atoms with Crippen molar-refractivity contribution < 1.29 is 36.6 Å². The molecule has 3 nitrogen and oxygen atoms in total. The fourth-order valence-electron chi connectivity index (χ4n) is 0.649. The summed E-state index contributed by atoms with van der Waals surface area (Å²) in [7, 11) is 1.59. The monoisotopic (exact) mass is 234 g/mol. The summed E-state index contributed by atoms with van der Waals surface area (Å²) < 4.78 is 4.89. The molecule has 0 amide bonds. The summed E-state index contributed by atoms with van der Waals surface area (Å²) in [6.07, 6.45) is 0. The smallest absolute Gasteiger partial charge is 1.00 e. The van der Waals surface area contributed by atoms with E-state index >= 15 is 0 Å². The molecular weight excluding hydrogens is 229 g/mol. The van der Waals surface area contributed by atoms with Gasteiger partial charge in [0.05, 0.1) is 7.11 Å². The van der Waals surface area contributed by atoms with Crippen LogP contribution in [0.4, 0.5) is 5.69 Å². The number of methoxy groups -OCH3 is 1. The van der Waals surface area contributed by atoms with Crippen LogP contribution >= 0.6 is 0 Å². The minimum atomic E-state index is 0. The summed E-state index contributed by atoms with van der Waals surface area (Å²) >= 11 is 0. The summed E-state index contributed by atoms with van der Waals surface area (Å²) in [5.41, 5.74) is 0.529. The zero-order chi connectivity index (χ0) is 7.40. The predicted octanol–water partition coefficient (Wildman–Crippen LogP) is -0.819. The van der Waals surface area contributed by atoms with Crippen molar-refractivity contribution in [3.63, 3.8) is 0 Å². The van der Waals surface area contributed by atoms with Crippen LogP contribution in [0.3, 0.4) is 0 Å². The molecule has 12 heavy (non-hydrogen) atoms. The third-order valence-electron chi connectivity index (χ3n) is 1.19. The molecule has 0 aromatic heterocycles. The molecule has 58 valence electrons. The van der Waals surface area contributed by atoms with E-state index in [-0.39, 0.29) is 31.9 Å². The fourth-order valence-corrected chi connectivity index (χ4v) is 0.649. The van der Waals surface area contributed by atoms with E-state index in [9.17, 15) is 0 Å². The first-order valence-electron chi connectivity index (χ1n) is 2.86. The van der Waals surface area contributed by atoms with Crippen LogP contribution in [0.2, 0.25) is 0 Å². The summed E-state index contributed by atoms with van der Waals surface area (Å²) in [6.45, 7) is 0. The van der Waals surface area contributed by atoms with Gasteiger partial charge >= 0.3 is 25.2 Å². The van der Waals surface area contributed by atoms with Gasteiger partial charge in [0.15, 0.2) is 4.98 Å². The van der Waals surface area contributed by atoms with Gasteiger partial charge in [-0.15, -0.1) is 0 Å². The minimum Gasteiger partial charge on any atom is -1.00 e. The molecule has 1 aromatic carbocycles. The molecular formula is C7H7ClN2OZn+2. The molecule has 0 spiro atoms. The summed E-state index contributed by atoms with van der Waals surface area (Å²) in [5, 5.41) is 8.29. The van der Waals surface area contributed by atoms with Crippen LogP contribution in [-0.2, 0) is 19.5 Å². The number of halogens is 1. The van der Waals surface area contributed by atoms with Gasteiger partial charge in [-0.25, -0.2) is 0 Å². The Morgan fingerprint density at radius 3 is 2.08 bits per heavy atom. The molecule has 5 heteroatoms. The van der Waals surface area contributed by atoms with E-state index in [1.807, 2.05) is 0 Å². The van der Waals surface area contributed by atoms with Crippen molar-refractivity contribution in [2.24, 2.45) is 0 Å². The van der Waals surface area contributed by atoms with Gasteiger partial charge in [0, 0.05) is 12.1 Å². The normalized spacial score (nSPS) is 7.00. The zero-order valence-electron chi connectivity index (χ0n) is 6.70. The molecule has 0 saturated heterocycles. The summed E-state index contributed by atoms with van der Waals surface area (Å²) in [4.78, 5) is 2.99. The third-order valence-corrected chi connectivity index (χ3v) is 1.19. The average Bonchev–Trinajstić information content (AvgIpc) is 2.05. The van der Waals surface area contributed by atoms with Crippen molar-refractivity contribution in [2.45, 2.75) is 0 Å². The van der Waals surface area contributed by atoms with Crippen molar-refractivity contribution in [3.8, 4) is 5.75 Å². The Hall–Kier alpha value is -0.647. The minimum absolute atomic E-state index is 0. The van der Waals surface area contributed by atoms with Gasteiger partial charge in [-0.05, 0) is 12.1 Å². The van der Waals surface area contributed by atoms with Crippen molar-refractivity contribution in [3.05, 3.63) is 29.2 Å². The molecule has 0 N–H and O–H groups in total. The van der Waals surface area contributed by atoms with E-state index in [1.54, 1.807) is 31.4 Å². The van der Waals surface area contributed by atoms with Crippen molar-refractivity contribution in [2.75, 3.05) is 7.11 Å². The molecule has 0 heterocycles. The van der Waals surface area contributed by atoms with Gasteiger partial charge in [0.25, 0.3) is 0 Å². The molecule has 1 aromatic rings. The number of benzene rings is 1. The van der Waals surface area contributed by atoms with Gasteiger partial charge in [0.2, 0.25) is 5.39 Å². The second-order valence-corrected chi connectivity index (χ2v) is 1.80. The number of hydrogen-bond donors (Lipinski definition) is 0. The van der Waals surface area contributed by atoms with E-state index in [0.29, 0.717) is 5.69 Å². The third kappa shape index (κ3) is 3.66. The van der Waals surface area contributed by atoms with Crippen LogP contribution in [0, 0.1) is 5.39 Å². The molecule has 0 atom stereocenters. The van der Waals surface area contributed by atoms with Crippen LogP contribution in [0.15, 0.2) is 24.3 Å². The van der Waals surface area contributed by atoms with Crippen LogP contribution in [0.25, 0.3) is 4.98 Å². The van der Waals surface area contributed by atoms with Gasteiger partial charge in [-0.2, -0.15) is 0 Å².